The summed E-state index contributed by atoms with van der Waals surface area (Å²) in [4.78, 5) is 13.2. The predicted molar refractivity (Wildman–Crippen MR) is 66.0 cm³/mol. The number of carbonyl (C=O) groups is 1. The molecule has 1 atom stereocenters. The molecule has 0 bridgehead atoms. The Labute approximate surface area is 106 Å². The van der Waals surface area contributed by atoms with Crippen molar-refractivity contribution in [2.45, 2.75) is 13.0 Å². The van der Waals surface area contributed by atoms with Gasteiger partial charge in [-0.3, -0.25) is 4.79 Å². The summed E-state index contributed by atoms with van der Waals surface area (Å²) in [5.41, 5.74) is 0.238. The first-order valence-corrected chi connectivity index (χ1v) is 6.16. The summed E-state index contributed by atoms with van der Waals surface area (Å²) in [6.45, 7) is 4.83. The van der Waals surface area contributed by atoms with Crippen LogP contribution in [0.3, 0.4) is 0 Å². The van der Waals surface area contributed by atoms with E-state index in [1.807, 2.05) is 6.92 Å². The van der Waals surface area contributed by atoms with Gasteiger partial charge in [0.25, 0.3) is 5.91 Å². The van der Waals surface area contributed by atoms with Gasteiger partial charge in [-0.1, -0.05) is 12.1 Å². The van der Waals surface area contributed by atoms with Crippen molar-refractivity contribution in [1.82, 2.24) is 0 Å². The average Bonchev–Trinajstić information content (AvgIpc) is 2.41. The molecule has 1 fully saturated rings. The molecule has 1 aliphatic heterocycles. The minimum absolute atomic E-state index is 0.156. The molecule has 0 aliphatic carbocycles. The molecule has 1 heterocycles. The number of hydrogen-bond donors (Lipinski definition) is 2. The maximum absolute atomic E-state index is 13.4. The molecule has 2 N–H and O–H groups in total. The minimum Gasteiger partial charge on any atom is -0.370 e. The average molecular weight is 253 g/mol. The van der Waals surface area contributed by atoms with E-state index in [4.69, 9.17) is 4.74 Å². The second kappa shape index (κ2) is 5.93. The second-order valence-corrected chi connectivity index (χ2v) is 4.46. The van der Waals surface area contributed by atoms with Crippen LogP contribution in [0.5, 0.6) is 0 Å². The fourth-order valence-corrected chi connectivity index (χ4v) is 2.06. The lowest BCUT2D eigenvalue weighted by atomic mass is 10.2. The van der Waals surface area contributed by atoms with Crippen LogP contribution in [0.2, 0.25) is 0 Å². The van der Waals surface area contributed by atoms with Gasteiger partial charge in [-0.25, -0.2) is 4.39 Å². The summed E-state index contributed by atoms with van der Waals surface area (Å²) in [7, 11) is 0. The van der Waals surface area contributed by atoms with Crippen LogP contribution in [0, 0.1) is 5.82 Å². The van der Waals surface area contributed by atoms with Crippen molar-refractivity contribution in [3.8, 4) is 0 Å². The van der Waals surface area contributed by atoms with Gasteiger partial charge in [-0.15, -0.1) is 0 Å². The summed E-state index contributed by atoms with van der Waals surface area (Å²) < 4.78 is 18.7. The third-order valence-electron chi connectivity index (χ3n) is 3.27. The summed E-state index contributed by atoms with van der Waals surface area (Å²) in [5, 5.41) is 2.63. The SMILES string of the molecule is C[C@H](C(=O)Nc1ccccc1F)[NH+]1CCOCC1. The summed E-state index contributed by atoms with van der Waals surface area (Å²) >= 11 is 0. The molecule has 0 spiro atoms. The third kappa shape index (κ3) is 3.05. The van der Waals surface area contributed by atoms with E-state index < -0.39 is 5.82 Å². The lowest BCUT2D eigenvalue weighted by Gasteiger charge is -2.28. The van der Waals surface area contributed by atoms with Crippen molar-refractivity contribution >= 4 is 11.6 Å². The zero-order valence-corrected chi connectivity index (χ0v) is 10.4. The van der Waals surface area contributed by atoms with E-state index in [2.05, 4.69) is 5.32 Å². The molecule has 18 heavy (non-hydrogen) atoms. The Hall–Kier alpha value is -1.46. The van der Waals surface area contributed by atoms with Crippen molar-refractivity contribution in [3.05, 3.63) is 30.1 Å². The van der Waals surface area contributed by atoms with Crippen molar-refractivity contribution < 1.29 is 18.8 Å². The van der Waals surface area contributed by atoms with Gasteiger partial charge in [0, 0.05) is 0 Å². The molecule has 0 saturated carbocycles. The maximum atomic E-state index is 13.4. The zero-order valence-electron chi connectivity index (χ0n) is 10.4. The molecule has 2 rings (SSSR count). The summed E-state index contributed by atoms with van der Waals surface area (Å²) in [6.07, 6.45) is 0. The van der Waals surface area contributed by atoms with E-state index in [0.717, 1.165) is 13.1 Å². The minimum atomic E-state index is -0.407. The van der Waals surface area contributed by atoms with E-state index in [-0.39, 0.29) is 17.6 Å². The Bertz CT molecular complexity index is 419. The highest BCUT2D eigenvalue weighted by atomic mass is 19.1. The van der Waals surface area contributed by atoms with Crippen LogP contribution in [-0.2, 0) is 9.53 Å². The predicted octanol–water partition coefficient (Wildman–Crippen LogP) is 0.0678. The lowest BCUT2D eigenvalue weighted by molar-refractivity contribution is -0.921. The van der Waals surface area contributed by atoms with E-state index in [1.165, 1.54) is 11.0 Å². The first-order valence-electron chi connectivity index (χ1n) is 6.16. The normalized spacial score (nSPS) is 18.3. The van der Waals surface area contributed by atoms with Gasteiger partial charge in [0.15, 0.2) is 6.04 Å². The van der Waals surface area contributed by atoms with Crippen molar-refractivity contribution in [1.29, 1.82) is 0 Å². The number of carbonyl (C=O) groups excluding carboxylic acids is 1. The van der Waals surface area contributed by atoms with Crippen LogP contribution in [0.1, 0.15) is 6.92 Å². The monoisotopic (exact) mass is 253 g/mol. The van der Waals surface area contributed by atoms with Crippen LogP contribution in [-0.4, -0.2) is 38.3 Å². The zero-order chi connectivity index (χ0) is 13.0. The Kier molecular flexibility index (Phi) is 4.28. The molecule has 1 aromatic rings. The number of halogens is 1. The summed E-state index contributed by atoms with van der Waals surface area (Å²) in [6, 6.07) is 6.00. The molecular formula is C13H18FN2O2+. The van der Waals surface area contributed by atoms with Gasteiger partial charge in [-0.2, -0.15) is 0 Å². The van der Waals surface area contributed by atoms with Crippen LogP contribution in [0.15, 0.2) is 24.3 Å². The molecular weight excluding hydrogens is 235 g/mol. The largest absolute Gasteiger partial charge is 0.370 e. The molecule has 1 aliphatic rings. The number of hydrogen-bond acceptors (Lipinski definition) is 2. The molecule has 4 nitrogen and oxygen atoms in total. The van der Waals surface area contributed by atoms with Crippen molar-refractivity contribution in [2.24, 2.45) is 0 Å². The van der Waals surface area contributed by atoms with Crippen LogP contribution in [0.25, 0.3) is 0 Å². The highest BCUT2D eigenvalue weighted by Gasteiger charge is 2.27. The fraction of sp³-hybridized carbons (Fsp3) is 0.462. The quantitative estimate of drug-likeness (QED) is 0.800. The number of amides is 1. The van der Waals surface area contributed by atoms with E-state index in [1.54, 1.807) is 18.2 Å². The van der Waals surface area contributed by atoms with Crippen LogP contribution >= 0.6 is 0 Å². The van der Waals surface area contributed by atoms with Crippen molar-refractivity contribution in [2.75, 3.05) is 31.6 Å². The Balaban J connectivity index is 1.97. The van der Waals surface area contributed by atoms with E-state index in [0.29, 0.717) is 13.2 Å². The van der Waals surface area contributed by atoms with Gasteiger partial charge in [-0.05, 0) is 19.1 Å². The fourth-order valence-electron chi connectivity index (χ4n) is 2.06. The number of ether oxygens (including phenoxy) is 1. The molecule has 0 aromatic heterocycles. The number of morpholine rings is 1. The van der Waals surface area contributed by atoms with Gasteiger partial charge in [0.05, 0.1) is 18.9 Å². The van der Waals surface area contributed by atoms with Crippen molar-refractivity contribution in [3.63, 3.8) is 0 Å². The number of para-hydroxylation sites is 1. The molecule has 98 valence electrons. The number of rotatable bonds is 3. The Morgan fingerprint density at radius 2 is 2.06 bits per heavy atom. The topological polar surface area (TPSA) is 42.8 Å². The highest BCUT2D eigenvalue weighted by Crippen LogP contribution is 2.12. The number of quaternary nitrogens is 1. The highest BCUT2D eigenvalue weighted by molar-refractivity contribution is 5.93. The second-order valence-electron chi connectivity index (χ2n) is 4.46. The maximum Gasteiger partial charge on any atom is 0.282 e. The Morgan fingerprint density at radius 1 is 1.39 bits per heavy atom. The molecule has 1 aromatic carbocycles. The molecule has 0 unspecified atom stereocenters. The number of benzene rings is 1. The van der Waals surface area contributed by atoms with Gasteiger partial charge >= 0.3 is 0 Å². The van der Waals surface area contributed by atoms with Crippen LogP contribution < -0.4 is 10.2 Å². The molecule has 0 radical (unpaired) electrons. The van der Waals surface area contributed by atoms with E-state index >= 15 is 0 Å². The van der Waals surface area contributed by atoms with Gasteiger partial charge < -0.3 is 15.0 Å². The van der Waals surface area contributed by atoms with Gasteiger partial charge in [0.1, 0.15) is 18.9 Å². The molecule has 5 heteroatoms. The number of anilines is 1. The van der Waals surface area contributed by atoms with Crippen LogP contribution in [0.4, 0.5) is 10.1 Å². The first-order chi connectivity index (χ1) is 8.68. The third-order valence-corrected chi connectivity index (χ3v) is 3.27. The molecule has 1 saturated heterocycles. The van der Waals surface area contributed by atoms with Gasteiger partial charge in [0.2, 0.25) is 0 Å². The summed E-state index contributed by atoms with van der Waals surface area (Å²) in [5.74, 6) is -0.563. The lowest BCUT2D eigenvalue weighted by Crippen LogP contribution is -3.18. The first kappa shape index (κ1) is 13.0. The number of nitrogens with one attached hydrogen (secondary N) is 2. The van der Waals surface area contributed by atoms with E-state index in [9.17, 15) is 9.18 Å². The smallest absolute Gasteiger partial charge is 0.282 e. The standard InChI is InChI=1S/C13H17FN2O2/c1-10(16-6-8-18-9-7-16)13(17)15-12-5-3-2-4-11(12)14/h2-5,10H,6-9H2,1H3,(H,15,17)/p+1/t10-/m1/s1. The molecule has 1 amide bonds. The Morgan fingerprint density at radius 3 is 2.72 bits per heavy atom.